The van der Waals surface area contributed by atoms with Crippen molar-refractivity contribution in [1.82, 2.24) is 5.32 Å². The molecule has 0 radical (unpaired) electrons. The summed E-state index contributed by atoms with van der Waals surface area (Å²) in [6.45, 7) is 4.83. The minimum Gasteiger partial charge on any atom is -0.466 e. The van der Waals surface area contributed by atoms with Crippen LogP contribution in [0, 0.1) is 0 Å². The molecule has 6 heteroatoms. The average molecular weight is 832 g/mol. The van der Waals surface area contributed by atoms with Crippen molar-refractivity contribution in [3.8, 4) is 0 Å². The van der Waals surface area contributed by atoms with Crippen LogP contribution in [0.25, 0.3) is 0 Å². The summed E-state index contributed by atoms with van der Waals surface area (Å²) >= 11 is 0. The predicted molar refractivity (Wildman–Crippen MR) is 255 cm³/mol. The van der Waals surface area contributed by atoms with Crippen LogP contribution in [-0.2, 0) is 14.3 Å². The molecule has 0 aromatic carbocycles. The first kappa shape index (κ1) is 57.3. The standard InChI is InChI=1S/C53H101NO5/c1-3-5-7-9-11-13-15-16-17-18-19-20-21-22-23-24-25-27-29-33-37-41-45-51(56)50(49-55)54-52(57)46-42-38-34-30-28-32-36-40-44-48-59-53(58)47-43-39-35-31-26-14-12-10-8-6-4-2/h10,12,30,34,50-51,55-56H,3-9,11,13-29,31-33,35-49H2,1-2H3,(H,54,57)/b12-10-,34-30-. The van der Waals surface area contributed by atoms with Gasteiger partial charge < -0.3 is 20.3 Å². The van der Waals surface area contributed by atoms with Crippen molar-refractivity contribution in [2.75, 3.05) is 13.2 Å². The van der Waals surface area contributed by atoms with Gasteiger partial charge in [-0.25, -0.2) is 0 Å². The number of carbonyl (C=O) groups is 2. The van der Waals surface area contributed by atoms with E-state index < -0.39 is 12.1 Å². The molecule has 2 unspecified atom stereocenters. The molecule has 59 heavy (non-hydrogen) atoms. The highest BCUT2D eigenvalue weighted by atomic mass is 16.5. The SMILES string of the molecule is CCCC/C=C\CCCCCCCC(=O)OCCCCCC/C=C\CCCC(=O)NC(CO)C(O)CCCCCCCCCCCCCCCCCCCCCCCC. The largest absolute Gasteiger partial charge is 0.466 e. The van der Waals surface area contributed by atoms with Gasteiger partial charge >= 0.3 is 5.97 Å². The lowest BCUT2D eigenvalue weighted by Crippen LogP contribution is -2.45. The number of hydrogen-bond donors (Lipinski definition) is 3. The maximum Gasteiger partial charge on any atom is 0.305 e. The van der Waals surface area contributed by atoms with E-state index in [-0.39, 0.29) is 18.5 Å². The summed E-state index contributed by atoms with van der Waals surface area (Å²) in [5.41, 5.74) is 0. The Morgan fingerprint density at radius 3 is 1.29 bits per heavy atom. The molecule has 0 aliphatic rings. The fourth-order valence-corrected chi connectivity index (χ4v) is 7.92. The van der Waals surface area contributed by atoms with Crippen molar-refractivity contribution in [2.45, 2.75) is 289 Å². The zero-order valence-corrected chi connectivity index (χ0v) is 39.5. The van der Waals surface area contributed by atoms with E-state index in [1.807, 2.05) is 0 Å². The lowest BCUT2D eigenvalue weighted by Gasteiger charge is -2.22. The molecule has 0 fully saturated rings. The minimum atomic E-state index is -0.696. The second-order valence-electron chi connectivity index (χ2n) is 17.8. The van der Waals surface area contributed by atoms with Gasteiger partial charge in [0.1, 0.15) is 0 Å². The fraction of sp³-hybridized carbons (Fsp3) is 0.887. The van der Waals surface area contributed by atoms with Crippen molar-refractivity contribution < 1.29 is 24.5 Å². The molecule has 6 nitrogen and oxygen atoms in total. The number of esters is 1. The molecule has 0 aliphatic heterocycles. The van der Waals surface area contributed by atoms with E-state index in [1.165, 1.54) is 173 Å². The van der Waals surface area contributed by atoms with Gasteiger partial charge in [-0.2, -0.15) is 0 Å². The predicted octanol–water partition coefficient (Wildman–Crippen LogP) is 15.5. The van der Waals surface area contributed by atoms with Crippen molar-refractivity contribution >= 4 is 11.9 Å². The Morgan fingerprint density at radius 1 is 0.458 bits per heavy atom. The molecule has 0 aromatic rings. The van der Waals surface area contributed by atoms with Crippen LogP contribution >= 0.6 is 0 Å². The summed E-state index contributed by atoms with van der Waals surface area (Å²) in [4.78, 5) is 24.4. The number of unbranched alkanes of at least 4 members (excludes halogenated alkanes) is 33. The highest BCUT2D eigenvalue weighted by molar-refractivity contribution is 5.76. The monoisotopic (exact) mass is 832 g/mol. The summed E-state index contributed by atoms with van der Waals surface area (Å²) in [5, 5.41) is 23.2. The topological polar surface area (TPSA) is 95.9 Å². The van der Waals surface area contributed by atoms with Crippen LogP contribution in [0.4, 0.5) is 0 Å². The van der Waals surface area contributed by atoms with Gasteiger partial charge in [-0.05, 0) is 64.2 Å². The Bertz CT molecular complexity index is 920. The number of carbonyl (C=O) groups excluding carboxylic acids is 2. The summed E-state index contributed by atoms with van der Waals surface area (Å²) in [6.07, 6.45) is 57.3. The zero-order chi connectivity index (χ0) is 43.0. The fourth-order valence-electron chi connectivity index (χ4n) is 7.92. The van der Waals surface area contributed by atoms with Gasteiger partial charge in [-0.3, -0.25) is 9.59 Å². The number of rotatable bonds is 48. The molecule has 1 amide bonds. The molecular weight excluding hydrogens is 731 g/mol. The third-order valence-electron chi connectivity index (χ3n) is 12.0. The maximum atomic E-state index is 12.4. The Labute approximate surface area is 367 Å². The molecule has 3 N–H and O–H groups in total. The zero-order valence-electron chi connectivity index (χ0n) is 39.5. The van der Waals surface area contributed by atoms with Crippen molar-refractivity contribution in [2.24, 2.45) is 0 Å². The normalized spacial score (nSPS) is 12.8. The third-order valence-corrected chi connectivity index (χ3v) is 12.0. The van der Waals surface area contributed by atoms with Crippen LogP contribution in [0.1, 0.15) is 277 Å². The molecule has 0 saturated heterocycles. The first-order chi connectivity index (χ1) is 29.0. The number of ether oxygens (including phenoxy) is 1. The Balaban J connectivity index is 3.53. The number of aliphatic hydroxyl groups excluding tert-OH is 2. The quantitative estimate of drug-likeness (QED) is 0.0322. The molecule has 2 atom stereocenters. The average Bonchev–Trinajstić information content (AvgIpc) is 3.24. The lowest BCUT2D eigenvalue weighted by atomic mass is 10.0. The highest BCUT2D eigenvalue weighted by Gasteiger charge is 2.20. The molecule has 0 bridgehead atoms. The van der Waals surface area contributed by atoms with E-state index >= 15 is 0 Å². The van der Waals surface area contributed by atoms with Gasteiger partial charge in [0.05, 0.1) is 25.4 Å². The summed E-state index contributed by atoms with van der Waals surface area (Å²) in [5.74, 6) is -0.141. The molecule has 0 aliphatic carbocycles. The summed E-state index contributed by atoms with van der Waals surface area (Å²) in [6, 6.07) is -0.580. The van der Waals surface area contributed by atoms with Gasteiger partial charge in [0, 0.05) is 12.8 Å². The van der Waals surface area contributed by atoms with E-state index in [1.54, 1.807) is 0 Å². The molecule has 0 aromatic heterocycles. The van der Waals surface area contributed by atoms with Crippen LogP contribution in [0.5, 0.6) is 0 Å². The summed E-state index contributed by atoms with van der Waals surface area (Å²) in [7, 11) is 0. The molecule has 348 valence electrons. The van der Waals surface area contributed by atoms with Crippen LogP contribution < -0.4 is 5.32 Å². The number of nitrogens with one attached hydrogen (secondary N) is 1. The van der Waals surface area contributed by atoms with Crippen LogP contribution in [0.15, 0.2) is 24.3 Å². The minimum absolute atomic E-state index is 0.0463. The van der Waals surface area contributed by atoms with Gasteiger partial charge in [0.15, 0.2) is 0 Å². The van der Waals surface area contributed by atoms with Crippen molar-refractivity contribution in [1.29, 1.82) is 0 Å². The highest BCUT2D eigenvalue weighted by Crippen LogP contribution is 2.17. The first-order valence-corrected chi connectivity index (χ1v) is 26.1. The van der Waals surface area contributed by atoms with E-state index in [0.29, 0.717) is 25.9 Å². The lowest BCUT2D eigenvalue weighted by molar-refractivity contribution is -0.143. The Kier molecular flexibility index (Phi) is 47.6. The van der Waals surface area contributed by atoms with Crippen molar-refractivity contribution in [3.63, 3.8) is 0 Å². The number of allylic oxidation sites excluding steroid dienone is 4. The Hall–Kier alpha value is -1.66. The third kappa shape index (κ3) is 45.7. The number of hydrogen-bond acceptors (Lipinski definition) is 5. The van der Waals surface area contributed by atoms with E-state index in [4.69, 9.17) is 4.74 Å². The maximum absolute atomic E-state index is 12.4. The molecule has 0 rings (SSSR count). The van der Waals surface area contributed by atoms with Gasteiger partial charge in [-0.15, -0.1) is 0 Å². The molecule has 0 heterocycles. The number of amides is 1. The van der Waals surface area contributed by atoms with Crippen LogP contribution in [-0.4, -0.2) is 47.4 Å². The molecular formula is C53H101NO5. The molecule has 0 saturated carbocycles. The van der Waals surface area contributed by atoms with E-state index in [9.17, 15) is 19.8 Å². The van der Waals surface area contributed by atoms with E-state index in [0.717, 1.165) is 70.6 Å². The van der Waals surface area contributed by atoms with Crippen molar-refractivity contribution in [3.05, 3.63) is 24.3 Å². The van der Waals surface area contributed by atoms with Gasteiger partial charge in [0.25, 0.3) is 0 Å². The second kappa shape index (κ2) is 49.0. The summed E-state index contributed by atoms with van der Waals surface area (Å²) < 4.78 is 5.41. The van der Waals surface area contributed by atoms with E-state index in [2.05, 4.69) is 43.5 Å². The van der Waals surface area contributed by atoms with Gasteiger partial charge in [0.2, 0.25) is 5.91 Å². The van der Waals surface area contributed by atoms with Gasteiger partial charge in [-0.1, -0.05) is 224 Å². The first-order valence-electron chi connectivity index (χ1n) is 26.1. The number of aliphatic hydroxyl groups is 2. The Morgan fingerprint density at radius 2 is 0.831 bits per heavy atom. The van der Waals surface area contributed by atoms with Crippen LogP contribution in [0.3, 0.4) is 0 Å². The van der Waals surface area contributed by atoms with Crippen LogP contribution in [0.2, 0.25) is 0 Å². The second-order valence-corrected chi connectivity index (χ2v) is 17.8. The molecule has 0 spiro atoms. The smallest absolute Gasteiger partial charge is 0.305 e.